The molecule has 2 aromatic rings. The van der Waals surface area contributed by atoms with Crippen LogP contribution in [0.15, 0.2) is 59.9 Å². The Bertz CT molecular complexity index is 991. The minimum atomic E-state index is -0.698. The summed E-state index contributed by atoms with van der Waals surface area (Å²) in [6.45, 7) is 3.67. The molecule has 1 aliphatic heterocycles. The van der Waals surface area contributed by atoms with Crippen molar-refractivity contribution in [2.24, 2.45) is 0 Å². The third-order valence-electron chi connectivity index (χ3n) is 5.05. The zero-order valence-electron chi connectivity index (χ0n) is 16.6. The second-order valence-electron chi connectivity index (χ2n) is 7.07. The Labute approximate surface area is 169 Å². The van der Waals surface area contributed by atoms with E-state index in [1.54, 1.807) is 24.3 Å². The SMILES string of the molecule is COC(=O)c1ccc(C2C(C(C)=O)=C(O)C(=O)N2CCc2cccc(C)c2)cc1. The summed E-state index contributed by atoms with van der Waals surface area (Å²) >= 11 is 0. The van der Waals surface area contributed by atoms with Gasteiger partial charge in [-0.1, -0.05) is 42.0 Å². The third-order valence-corrected chi connectivity index (χ3v) is 5.05. The van der Waals surface area contributed by atoms with E-state index in [9.17, 15) is 19.5 Å². The highest BCUT2D eigenvalue weighted by Crippen LogP contribution is 2.37. The summed E-state index contributed by atoms with van der Waals surface area (Å²) in [6.07, 6.45) is 0.586. The highest BCUT2D eigenvalue weighted by Gasteiger charge is 2.42. The van der Waals surface area contributed by atoms with E-state index in [-0.39, 0.29) is 11.4 Å². The van der Waals surface area contributed by atoms with E-state index >= 15 is 0 Å². The van der Waals surface area contributed by atoms with Gasteiger partial charge in [0.05, 0.1) is 24.3 Å². The maximum atomic E-state index is 12.7. The van der Waals surface area contributed by atoms with E-state index < -0.39 is 23.7 Å². The van der Waals surface area contributed by atoms with Gasteiger partial charge in [-0.05, 0) is 43.5 Å². The molecule has 1 amide bonds. The highest BCUT2D eigenvalue weighted by atomic mass is 16.5. The van der Waals surface area contributed by atoms with E-state index in [1.165, 1.54) is 18.9 Å². The monoisotopic (exact) mass is 393 g/mol. The molecule has 0 saturated carbocycles. The number of aliphatic hydroxyl groups is 1. The number of carbonyl (C=O) groups is 3. The molecule has 1 heterocycles. The number of rotatable bonds is 6. The van der Waals surface area contributed by atoms with E-state index in [4.69, 9.17) is 4.74 Å². The van der Waals surface area contributed by atoms with Crippen molar-refractivity contribution in [2.75, 3.05) is 13.7 Å². The maximum absolute atomic E-state index is 12.7. The number of esters is 1. The van der Waals surface area contributed by atoms with E-state index in [0.717, 1.165) is 11.1 Å². The zero-order chi connectivity index (χ0) is 21.1. The Morgan fingerprint density at radius 3 is 2.41 bits per heavy atom. The van der Waals surface area contributed by atoms with Crippen LogP contribution in [0.1, 0.15) is 40.0 Å². The van der Waals surface area contributed by atoms with Crippen LogP contribution in [0.5, 0.6) is 0 Å². The van der Waals surface area contributed by atoms with Crippen molar-refractivity contribution in [3.8, 4) is 0 Å². The van der Waals surface area contributed by atoms with Gasteiger partial charge in [0, 0.05) is 6.54 Å². The number of methoxy groups -OCH3 is 1. The number of aliphatic hydroxyl groups excluding tert-OH is 1. The summed E-state index contributed by atoms with van der Waals surface area (Å²) in [5, 5.41) is 10.3. The van der Waals surface area contributed by atoms with Crippen LogP contribution in [0, 0.1) is 6.92 Å². The molecule has 0 aromatic heterocycles. The summed E-state index contributed by atoms with van der Waals surface area (Å²) in [7, 11) is 1.30. The Kier molecular flexibility index (Phi) is 5.82. The zero-order valence-corrected chi connectivity index (χ0v) is 16.6. The number of ketones is 1. The molecule has 150 valence electrons. The van der Waals surface area contributed by atoms with Gasteiger partial charge in [-0.3, -0.25) is 9.59 Å². The van der Waals surface area contributed by atoms with E-state index in [0.29, 0.717) is 24.1 Å². The first-order valence-electron chi connectivity index (χ1n) is 9.32. The van der Waals surface area contributed by atoms with Crippen molar-refractivity contribution in [1.29, 1.82) is 0 Å². The topological polar surface area (TPSA) is 83.9 Å². The molecule has 3 rings (SSSR count). The lowest BCUT2D eigenvalue weighted by atomic mass is 9.95. The molecule has 0 radical (unpaired) electrons. The normalized spacial score (nSPS) is 16.3. The predicted molar refractivity (Wildman–Crippen MR) is 107 cm³/mol. The van der Waals surface area contributed by atoms with E-state index in [2.05, 4.69) is 0 Å². The first-order chi connectivity index (χ1) is 13.8. The molecule has 1 N–H and O–H groups in total. The molecule has 1 unspecified atom stereocenters. The van der Waals surface area contributed by atoms with Gasteiger partial charge in [0.1, 0.15) is 0 Å². The highest BCUT2D eigenvalue weighted by molar-refractivity contribution is 6.08. The van der Waals surface area contributed by atoms with Crippen LogP contribution in [0.3, 0.4) is 0 Å². The minimum Gasteiger partial charge on any atom is -0.503 e. The number of hydrogen-bond donors (Lipinski definition) is 1. The lowest BCUT2D eigenvalue weighted by Gasteiger charge is -2.27. The average molecular weight is 393 g/mol. The largest absolute Gasteiger partial charge is 0.503 e. The second-order valence-corrected chi connectivity index (χ2v) is 7.07. The van der Waals surface area contributed by atoms with Crippen LogP contribution in [0.25, 0.3) is 0 Å². The van der Waals surface area contributed by atoms with Crippen LogP contribution in [0.4, 0.5) is 0 Å². The van der Waals surface area contributed by atoms with Crippen molar-refractivity contribution in [3.05, 3.63) is 82.1 Å². The molecule has 0 saturated heterocycles. The molecule has 6 heteroatoms. The van der Waals surface area contributed by atoms with Gasteiger partial charge in [0.2, 0.25) is 0 Å². The van der Waals surface area contributed by atoms with Gasteiger partial charge in [0.25, 0.3) is 5.91 Å². The van der Waals surface area contributed by atoms with Crippen LogP contribution < -0.4 is 0 Å². The first kappa shape index (κ1) is 20.3. The van der Waals surface area contributed by atoms with Crippen LogP contribution in [-0.4, -0.2) is 41.3 Å². The average Bonchev–Trinajstić information content (AvgIpc) is 2.96. The second kappa shape index (κ2) is 8.31. The minimum absolute atomic E-state index is 0.0741. The Balaban J connectivity index is 1.93. The summed E-state index contributed by atoms with van der Waals surface area (Å²) < 4.78 is 4.71. The van der Waals surface area contributed by atoms with Crippen molar-refractivity contribution in [3.63, 3.8) is 0 Å². The molecule has 6 nitrogen and oxygen atoms in total. The number of hydrogen-bond acceptors (Lipinski definition) is 5. The number of ether oxygens (including phenoxy) is 1. The predicted octanol–water partition coefficient (Wildman–Crippen LogP) is 3.31. The number of Topliss-reactive ketones (excluding diaryl/α,β-unsaturated/α-hetero) is 1. The Hall–Kier alpha value is -3.41. The number of benzene rings is 2. The van der Waals surface area contributed by atoms with Crippen LogP contribution in [0.2, 0.25) is 0 Å². The lowest BCUT2D eigenvalue weighted by Crippen LogP contribution is -2.33. The molecule has 0 fully saturated rings. The maximum Gasteiger partial charge on any atom is 0.337 e. The van der Waals surface area contributed by atoms with Crippen LogP contribution in [-0.2, 0) is 20.7 Å². The van der Waals surface area contributed by atoms with Crippen molar-refractivity contribution in [2.45, 2.75) is 26.3 Å². The lowest BCUT2D eigenvalue weighted by molar-refractivity contribution is -0.129. The van der Waals surface area contributed by atoms with Gasteiger partial charge >= 0.3 is 5.97 Å². The Morgan fingerprint density at radius 1 is 1.14 bits per heavy atom. The van der Waals surface area contributed by atoms with Crippen LogP contribution >= 0.6 is 0 Å². The van der Waals surface area contributed by atoms with Gasteiger partial charge < -0.3 is 14.7 Å². The number of aryl methyl sites for hydroxylation is 1. The molecular formula is C23H23NO5. The number of nitrogens with zero attached hydrogens (tertiary/aromatic N) is 1. The smallest absolute Gasteiger partial charge is 0.337 e. The molecule has 1 atom stereocenters. The van der Waals surface area contributed by atoms with E-state index in [1.807, 2.05) is 31.2 Å². The van der Waals surface area contributed by atoms with Gasteiger partial charge in [-0.15, -0.1) is 0 Å². The summed E-state index contributed by atoms with van der Waals surface area (Å²) in [5.41, 5.74) is 3.27. The molecule has 0 bridgehead atoms. The molecule has 0 aliphatic carbocycles. The van der Waals surface area contributed by atoms with Gasteiger partial charge in [0.15, 0.2) is 11.5 Å². The molecule has 1 aliphatic rings. The first-order valence-corrected chi connectivity index (χ1v) is 9.32. The third kappa shape index (κ3) is 4.06. The molecule has 0 spiro atoms. The molecule has 2 aromatic carbocycles. The number of carbonyl (C=O) groups excluding carboxylic acids is 3. The fraction of sp³-hybridized carbons (Fsp3) is 0.261. The molecule has 29 heavy (non-hydrogen) atoms. The number of amides is 1. The van der Waals surface area contributed by atoms with Crippen molar-refractivity contribution >= 4 is 17.7 Å². The quantitative estimate of drug-likeness (QED) is 0.761. The fourth-order valence-corrected chi connectivity index (χ4v) is 3.63. The van der Waals surface area contributed by atoms with Crippen molar-refractivity contribution in [1.82, 2.24) is 4.90 Å². The Morgan fingerprint density at radius 2 is 1.83 bits per heavy atom. The summed E-state index contributed by atoms with van der Waals surface area (Å²) in [4.78, 5) is 38.1. The van der Waals surface area contributed by atoms with Gasteiger partial charge in [-0.2, -0.15) is 0 Å². The van der Waals surface area contributed by atoms with Gasteiger partial charge in [-0.25, -0.2) is 4.79 Å². The van der Waals surface area contributed by atoms with Crippen molar-refractivity contribution < 1.29 is 24.2 Å². The summed E-state index contributed by atoms with van der Waals surface area (Å²) in [6, 6.07) is 13.8. The standard InChI is InChI=1S/C23H23NO5/c1-14-5-4-6-16(13-14)11-12-24-20(19(15(2)25)21(26)22(24)27)17-7-9-18(10-8-17)23(28)29-3/h4-10,13,20,26H,11-12H2,1-3H3. The fourth-order valence-electron chi connectivity index (χ4n) is 3.63. The summed E-state index contributed by atoms with van der Waals surface area (Å²) in [5.74, 6) is -1.91. The molecular weight excluding hydrogens is 370 g/mol.